The lowest BCUT2D eigenvalue weighted by atomic mass is 9.81. The lowest BCUT2D eigenvalue weighted by Crippen LogP contribution is -2.16. The summed E-state index contributed by atoms with van der Waals surface area (Å²) in [4.78, 5) is 2.43. The van der Waals surface area contributed by atoms with E-state index in [0.29, 0.717) is 0 Å². The maximum Gasteiger partial charge on any atom is 0.0541 e. The van der Waals surface area contributed by atoms with Crippen LogP contribution in [-0.4, -0.2) is 13.7 Å². The summed E-state index contributed by atoms with van der Waals surface area (Å²) in [5.41, 5.74) is 23.8. The molecule has 372 valence electrons. The number of anilines is 3. The first-order chi connectivity index (χ1) is 38.9. The quantitative estimate of drug-likeness (QED) is 0.148. The average Bonchev–Trinajstić information content (AvgIpc) is 4.42. The predicted octanol–water partition coefficient (Wildman–Crippen LogP) is 20.1. The van der Waals surface area contributed by atoms with E-state index >= 15 is 0 Å². The Labute approximate surface area is 458 Å². The van der Waals surface area contributed by atoms with Crippen molar-refractivity contribution in [2.45, 2.75) is 19.3 Å². The predicted molar refractivity (Wildman–Crippen MR) is 333 cm³/mol. The lowest BCUT2D eigenvalue weighted by molar-refractivity contribution is 0.660. The molecule has 0 radical (unpaired) electrons. The highest BCUT2D eigenvalue weighted by molar-refractivity contribution is 6.12. The monoisotopic (exact) mass is 1010 g/mol. The molecular formula is C75H52N4. The lowest BCUT2D eigenvalue weighted by Gasteiger charge is -2.28. The molecule has 3 heterocycles. The Morgan fingerprint density at radius 1 is 0.253 bits per heavy atom. The Kier molecular flexibility index (Phi) is 9.95. The van der Waals surface area contributed by atoms with Gasteiger partial charge < -0.3 is 18.6 Å². The van der Waals surface area contributed by atoms with Crippen LogP contribution in [-0.2, 0) is 5.41 Å². The van der Waals surface area contributed by atoms with E-state index in [0.717, 1.165) is 28.4 Å². The van der Waals surface area contributed by atoms with Gasteiger partial charge in [0.25, 0.3) is 0 Å². The van der Waals surface area contributed by atoms with E-state index in [2.05, 4.69) is 312 Å². The Balaban J connectivity index is 0.793. The van der Waals surface area contributed by atoms with Gasteiger partial charge in [-0.25, -0.2) is 0 Å². The normalized spacial score (nSPS) is 12.8. The zero-order chi connectivity index (χ0) is 52.3. The minimum absolute atomic E-state index is 0.262. The molecule has 1 aliphatic carbocycles. The molecule has 4 nitrogen and oxygen atoms in total. The van der Waals surface area contributed by atoms with E-state index in [4.69, 9.17) is 0 Å². The third-order valence-electron chi connectivity index (χ3n) is 17.0. The van der Waals surface area contributed by atoms with Crippen molar-refractivity contribution in [2.24, 2.45) is 0 Å². The van der Waals surface area contributed by atoms with Crippen LogP contribution in [0.25, 0.3) is 116 Å². The molecule has 0 amide bonds. The average molecular weight is 1010 g/mol. The largest absolute Gasteiger partial charge is 0.310 e. The van der Waals surface area contributed by atoms with Gasteiger partial charge in [0.15, 0.2) is 0 Å². The number of hydrogen-bond donors (Lipinski definition) is 0. The van der Waals surface area contributed by atoms with Gasteiger partial charge >= 0.3 is 0 Å². The van der Waals surface area contributed by atoms with Gasteiger partial charge in [-0.3, -0.25) is 0 Å². The maximum atomic E-state index is 2.45. The Bertz CT molecular complexity index is 4850. The van der Waals surface area contributed by atoms with Crippen molar-refractivity contribution in [1.82, 2.24) is 13.7 Å². The summed E-state index contributed by atoms with van der Waals surface area (Å²) in [5, 5.41) is 7.52. The van der Waals surface area contributed by atoms with Gasteiger partial charge in [-0.05, 0) is 172 Å². The zero-order valence-electron chi connectivity index (χ0n) is 43.8. The number of rotatable bonds is 8. The summed E-state index contributed by atoms with van der Waals surface area (Å²) in [5.74, 6) is 0. The second-order valence-corrected chi connectivity index (χ2v) is 21.7. The van der Waals surface area contributed by atoms with Gasteiger partial charge in [0, 0.05) is 71.9 Å². The van der Waals surface area contributed by atoms with E-state index in [1.165, 1.54) is 116 Å². The summed E-state index contributed by atoms with van der Waals surface area (Å²) >= 11 is 0. The molecule has 16 rings (SSSR count). The van der Waals surface area contributed by atoms with Crippen LogP contribution in [0.3, 0.4) is 0 Å². The summed E-state index contributed by atoms with van der Waals surface area (Å²) in [6.07, 6.45) is 0. The van der Waals surface area contributed by atoms with Crippen LogP contribution >= 0.6 is 0 Å². The minimum atomic E-state index is -0.262. The van der Waals surface area contributed by atoms with Gasteiger partial charge in [-0.1, -0.05) is 166 Å². The van der Waals surface area contributed by atoms with Crippen molar-refractivity contribution in [3.8, 4) is 50.4 Å². The molecule has 0 unspecified atom stereocenters. The van der Waals surface area contributed by atoms with E-state index in [1.54, 1.807) is 0 Å². The summed E-state index contributed by atoms with van der Waals surface area (Å²) in [7, 11) is 0. The topological polar surface area (TPSA) is 18.0 Å². The smallest absolute Gasteiger partial charge is 0.0541 e. The molecule has 3 aromatic heterocycles. The van der Waals surface area contributed by atoms with Crippen LogP contribution in [0.4, 0.5) is 17.1 Å². The molecule has 0 fully saturated rings. The first-order valence-corrected chi connectivity index (χ1v) is 27.4. The highest BCUT2D eigenvalue weighted by Gasteiger charge is 2.36. The number of nitrogens with zero attached hydrogens (tertiary/aromatic N) is 4. The van der Waals surface area contributed by atoms with Crippen LogP contribution in [0, 0.1) is 0 Å². The van der Waals surface area contributed by atoms with Crippen LogP contribution in [0.2, 0.25) is 0 Å². The van der Waals surface area contributed by atoms with Crippen molar-refractivity contribution < 1.29 is 0 Å². The zero-order valence-corrected chi connectivity index (χ0v) is 43.8. The number of aromatic nitrogens is 3. The molecule has 0 N–H and O–H groups in total. The van der Waals surface area contributed by atoms with Crippen molar-refractivity contribution >= 4 is 82.5 Å². The molecule has 0 aliphatic heterocycles. The Hall–Kier alpha value is -10.2. The molecule has 0 spiro atoms. The van der Waals surface area contributed by atoms with E-state index in [1.807, 2.05) is 0 Å². The number of hydrogen-bond acceptors (Lipinski definition) is 1. The highest BCUT2D eigenvalue weighted by atomic mass is 15.1. The van der Waals surface area contributed by atoms with Gasteiger partial charge in [-0.2, -0.15) is 0 Å². The van der Waals surface area contributed by atoms with Gasteiger partial charge in [0.1, 0.15) is 0 Å². The van der Waals surface area contributed by atoms with Crippen molar-refractivity contribution in [3.05, 3.63) is 290 Å². The SMILES string of the molecule is CC1(C)c2cc(-c3ccc4c(c3)c3ccccc3n4-c3ccccc3)ccc2-c2ccc(N(c3ccc(-c4ccc5c(c4)c4ccccc4n5-c4ccccc4)cc3)c3ccc(-n4c5ccccc5c5ccccc54)cc3)cc21. The van der Waals surface area contributed by atoms with Crippen LogP contribution in [0.5, 0.6) is 0 Å². The Morgan fingerprint density at radius 3 is 1.08 bits per heavy atom. The highest BCUT2D eigenvalue weighted by Crippen LogP contribution is 2.52. The third kappa shape index (κ3) is 6.94. The summed E-state index contributed by atoms with van der Waals surface area (Å²) in [6.45, 7) is 4.80. The molecule has 1 aliphatic rings. The molecule has 15 aromatic rings. The molecule has 0 bridgehead atoms. The van der Waals surface area contributed by atoms with Crippen molar-refractivity contribution in [3.63, 3.8) is 0 Å². The molecule has 4 heteroatoms. The summed E-state index contributed by atoms with van der Waals surface area (Å²) in [6, 6.07) is 103. The fourth-order valence-electron chi connectivity index (χ4n) is 13.3. The number of fused-ring (bicyclic) bond motifs is 12. The van der Waals surface area contributed by atoms with Gasteiger partial charge in [0.05, 0.1) is 33.1 Å². The van der Waals surface area contributed by atoms with E-state index in [9.17, 15) is 0 Å². The van der Waals surface area contributed by atoms with E-state index < -0.39 is 0 Å². The molecule has 0 atom stereocenters. The molecule has 12 aromatic carbocycles. The van der Waals surface area contributed by atoms with E-state index in [-0.39, 0.29) is 5.41 Å². The fourth-order valence-corrected chi connectivity index (χ4v) is 13.3. The van der Waals surface area contributed by atoms with Crippen molar-refractivity contribution in [2.75, 3.05) is 4.90 Å². The first-order valence-electron chi connectivity index (χ1n) is 27.4. The number of para-hydroxylation sites is 6. The second-order valence-electron chi connectivity index (χ2n) is 21.7. The maximum absolute atomic E-state index is 2.45. The minimum Gasteiger partial charge on any atom is -0.310 e. The summed E-state index contributed by atoms with van der Waals surface area (Å²) < 4.78 is 7.16. The van der Waals surface area contributed by atoms with Crippen LogP contribution in [0.15, 0.2) is 279 Å². The molecule has 0 saturated carbocycles. The van der Waals surface area contributed by atoms with Gasteiger partial charge in [0.2, 0.25) is 0 Å². The number of benzene rings is 12. The molecule has 0 saturated heterocycles. The Morgan fingerprint density at radius 2 is 0.582 bits per heavy atom. The van der Waals surface area contributed by atoms with Crippen molar-refractivity contribution in [1.29, 1.82) is 0 Å². The first kappa shape index (κ1) is 45.1. The second kappa shape index (κ2) is 17.4. The fraction of sp³-hybridized carbons (Fsp3) is 0.0400. The standard InChI is InChI=1S/C75H52N4/c1-75(2)67-47-52(51-33-44-74-66(46-51)64-24-12-16-28-72(64)78(74)54-19-7-4-8-20-54)31-41-59(67)60-42-40-58(48-68(60)75)76(56-36-38-57(39-37-56)79-69-25-13-9-21-61(69)62-22-10-14-26-70(62)79)55-34-29-49(30-35-55)50-32-43-73-65(45-50)63-23-11-15-27-71(63)77(73)53-17-5-3-6-18-53/h3-48H,1-2H3. The molecular weight excluding hydrogens is 957 g/mol. The third-order valence-corrected chi connectivity index (χ3v) is 17.0. The van der Waals surface area contributed by atoms with Crippen LogP contribution in [0.1, 0.15) is 25.0 Å². The van der Waals surface area contributed by atoms with Gasteiger partial charge in [-0.15, -0.1) is 0 Å². The molecule has 79 heavy (non-hydrogen) atoms. The van der Waals surface area contributed by atoms with Crippen LogP contribution < -0.4 is 4.90 Å².